The molecule has 46 heavy (non-hydrogen) atoms. The Morgan fingerprint density at radius 2 is 1.59 bits per heavy atom. The van der Waals surface area contributed by atoms with E-state index in [1.54, 1.807) is 49.9 Å². The number of phenols is 1. The molecule has 0 bridgehead atoms. The second-order valence-electron chi connectivity index (χ2n) is 13.2. The van der Waals surface area contributed by atoms with E-state index in [4.69, 9.17) is 4.74 Å². The van der Waals surface area contributed by atoms with E-state index in [1.165, 1.54) is 0 Å². The van der Waals surface area contributed by atoms with Gasteiger partial charge in [0, 0.05) is 18.2 Å². The fourth-order valence-corrected chi connectivity index (χ4v) is 5.73. The van der Waals surface area contributed by atoms with Crippen LogP contribution in [0.1, 0.15) is 68.3 Å². The number of carbonyl (C=O) groups excluding carboxylic acids is 3. The number of nitrogens with zero attached hydrogens (tertiary/aromatic N) is 1. The molecule has 0 aliphatic heterocycles. The summed E-state index contributed by atoms with van der Waals surface area (Å²) < 4.78 is 5.55. The largest absolute Gasteiger partial charge is 0.508 e. The molecule has 3 N–H and O–H groups in total. The van der Waals surface area contributed by atoms with Crippen molar-refractivity contribution in [3.05, 3.63) is 107 Å². The Kier molecular flexibility index (Phi) is 9.65. The predicted molar refractivity (Wildman–Crippen MR) is 181 cm³/mol. The second-order valence-corrected chi connectivity index (χ2v) is 13.2. The smallest absolute Gasteiger partial charge is 0.408 e. The molecule has 0 radical (unpaired) electrons. The summed E-state index contributed by atoms with van der Waals surface area (Å²) in [5.41, 5.74) is 3.38. The zero-order chi connectivity index (χ0) is 33.0. The van der Waals surface area contributed by atoms with Crippen molar-refractivity contribution in [3.63, 3.8) is 0 Å². The molecule has 0 spiro atoms. The predicted octanol–water partition coefficient (Wildman–Crippen LogP) is 7.36. The van der Waals surface area contributed by atoms with Crippen molar-refractivity contribution in [3.8, 4) is 5.75 Å². The van der Waals surface area contributed by atoms with Gasteiger partial charge in [0.2, 0.25) is 5.91 Å². The first kappa shape index (κ1) is 32.5. The number of benzene rings is 4. The van der Waals surface area contributed by atoms with Gasteiger partial charge in [-0.3, -0.25) is 9.59 Å². The summed E-state index contributed by atoms with van der Waals surface area (Å²) in [7, 11) is 0. The fraction of sp³-hybridized carbons (Fsp3) is 0.342. The third-order valence-electron chi connectivity index (χ3n) is 8.48. The number of aromatic hydroxyl groups is 1. The highest BCUT2D eigenvalue weighted by Gasteiger charge is 2.42. The molecule has 1 saturated carbocycles. The molecule has 0 saturated heterocycles. The maximum absolute atomic E-state index is 14.8. The van der Waals surface area contributed by atoms with Gasteiger partial charge in [-0.15, -0.1) is 0 Å². The number of ether oxygens (including phenoxy) is 1. The van der Waals surface area contributed by atoms with Gasteiger partial charge in [-0.1, -0.05) is 60.7 Å². The first-order valence-corrected chi connectivity index (χ1v) is 15.8. The van der Waals surface area contributed by atoms with Crippen LogP contribution in [0.3, 0.4) is 0 Å². The molecular formula is C38H43N3O5. The van der Waals surface area contributed by atoms with Crippen LogP contribution in [0.15, 0.2) is 84.9 Å². The lowest BCUT2D eigenvalue weighted by Gasteiger charge is -2.43. The van der Waals surface area contributed by atoms with Crippen molar-refractivity contribution in [1.29, 1.82) is 0 Å². The van der Waals surface area contributed by atoms with E-state index in [1.807, 2.05) is 74.5 Å². The number of phenolic OH excluding ortho intramolecular Hbond substituents is 1. The topological polar surface area (TPSA) is 108 Å². The Morgan fingerprint density at radius 1 is 0.891 bits per heavy atom. The number of anilines is 1. The van der Waals surface area contributed by atoms with E-state index in [0.29, 0.717) is 11.3 Å². The maximum atomic E-state index is 14.8. The van der Waals surface area contributed by atoms with Gasteiger partial charge in [-0.05, 0) is 111 Å². The van der Waals surface area contributed by atoms with Gasteiger partial charge in [-0.2, -0.15) is 0 Å². The van der Waals surface area contributed by atoms with Crippen LogP contribution in [0, 0.1) is 13.8 Å². The third-order valence-corrected chi connectivity index (χ3v) is 8.48. The number of rotatable bonds is 9. The first-order valence-electron chi connectivity index (χ1n) is 15.8. The van der Waals surface area contributed by atoms with E-state index >= 15 is 0 Å². The summed E-state index contributed by atoms with van der Waals surface area (Å²) in [6, 6.07) is 23.9. The molecule has 0 heterocycles. The van der Waals surface area contributed by atoms with Gasteiger partial charge in [0.05, 0.1) is 0 Å². The highest BCUT2D eigenvalue weighted by Crippen LogP contribution is 2.35. The molecule has 2 unspecified atom stereocenters. The zero-order valence-corrected chi connectivity index (χ0v) is 27.2. The number of alkyl carbamates (subject to hydrolysis) is 1. The van der Waals surface area contributed by atoms with Crippen LogP contribution in [0.25, 0.3) is 10.8 Å². The SMILES string of the molecule is Cc1ccc(C(C(=O)Nc2ccc3ccccc3c2)N(C(=O)C(Cc2ccc(O)cc2)NC(=O)OC(C)(C)C)C2CCC2)cc1C. The molecule has 0 aromatic heterocycles. The summed E-state index contributed by atoms with van der Waals surface area (Å²) in [5.74, 6) is -0.608. The molecular weight excluding hydrogens is 578 g/mol. The van der Waals surface area contributed by atoms with E-state index < -0.39 is 23.8 Å². The number of fused-ring (bicyclic) bond motifs is 1. The van der Waals surface area contributed by atoms with Crippen LogP contribution < -0.4 is 10.6 Å². The summed E-state index contributed by atoms with van der Waals surface area (Å²) in [6.45, 7) is 9.28. The van der Waals surface area contributed by atoms with Crippen molar-refractivity contribution >= 4 is 34.4 Å². The summed E-state index contributed by atoms with van der Waals surface area (Å²) >= 11 is 0. The van der Waals surface area contributed by atoms with E-state index in [9.17, 15) is 19.5 Å². The van der Waals surface area contributed by atoms with Crippen LogP contribution in [-0.4, -0.2) is 45.6 Å². The van der Waals surface area contributed by atoms with Crippen LogP contribution in [0.5, 0.6) is 5.75 Å². The Balaban J connectivity index is 1.55. The molecule has 1 aliphatic carbocycles. The normalized spacial score (nSPS) is 14.5. The quantitative estimate of drug-likeness (QED) is 0.181. The van der Waals surface area contributed by atoms with Gasteiger partial charge >= 0.3 is 6.09 Å². The van der Waals surface area contributed by atoms with Gasteiger partial charge in [0.25, 0.3) is 5.91 Å². The Bertz CT molecular complexity index is 1720. The van der Waals surface area contributed by atoms with Gasteiger partial charge < -0.3 is 25.4 Å². The molecule has 1 aliphatic rings. The fourth-order valence-electron chi connectivity index (χ4n) is 5.73. The lowest BCUT2D eigenvalue weighted by Crippen LogP contribution is -2.57. The van der Waals surface area contributed by atoms with E-state index in [2.05, 4.69) is 10.6 Å². The number of nitrogens with one attached hydrogen (secondary N) is 2. The number of aryl methyl sites for hydroxylation is 2. The summed E-state index contributed by atoms with van der Waals surface area (Å²) in [5, 5.41) is 17.8. The lowest BCUT2D eigenvalue weighted by molar-refractivity contribution is -0.145. The van der Waals surface area contributed by atoms with Crippen molar-refractivity contribution in [1.82, 2.24) is 10.2 Å². The molecule has 3 amide bonds. The zero-order valence-electron chi connectivity index (χ0n) is 27.2. The van der Waals surface area contributed by atoms with Crippen LogP contribution in [0.4, 0.5) is 10.5 Å². The Hall–Kier alpha value is -4.85. The average Bonchev–Trinajstić information content (AvgIpc) is 2.97. The molecule has 1 fully saturated rings. The highest BCUT2D eigenvalue weighted by atomic mass is 16.6. The van der Waals surface area contributed by atoms with E-state index in [-0.39, 0.29) is 30.0 Å². The number of hydrogen-bond donors (Lipinski definition) is 3. The minimum absolute atomic E-state index is 0.1000. The van der Waals surface area contributed by atoms with Gasteiger partial charge in [0.15, 0.2) is 0 Å². The molecule has 8 nitrogen and oxygen atoms in total. The molecule has 4 aromatic rings. The summed E-state index contributed by atoms with van der Waals surface area (Å²) in [6.07, 6.45) is 1.85. The molecule has 240 valence electrons. The number of amides is 3. The maximum Gasteiger partial charge on any atom is 0.408 e. The molecule has 8 heteroatoms. The number of hydrogen-bond acceptors (Lipinski definition) is 5. The number of carbonyl (C=O) groups is 3. The van der Waals surface area contributed by atoms with Gasteiger partial charge in [-0.25, -0.2) is 4.79 Å². The lowest BCUT2D eigenvalue weighted by atomic mass is 9.87. The Morgan fingerprint density at radius 3 is 2.22 bits per heavy atom. The summed E-state index contributed by atoms with van der Waals surface area (Å²) in [4.78, 5) is 43.9. The molecule has 5 rings (SSSR count). The van der Waals surface area contributed by atoms with Gasteiger partial charge in [0.1, 0.15) is 23.4 Å². The minimum Gasteiger partial charge on any atom is -0.508 e. The van der Waals surface area contributed by atoms with Crippen molar-refractivity contribution in [2.75, 3.05) is 5.32 Å². The second kappa shape index (κ2) is 13.6. The third kappa shape index (κ3) is 7.86. The molecule has 2 atom stereocenters. The van der Waals surface area contributed by atoms with Crippen LogP contribution >= 0.6 is 0 Å². The standard InChI is InChI=1S/C38H43N3O5/c1-24-13-16-29(21-25(24)2)34(35(43)39-30-18-17-27-9-6-7-10-28(27)23-30)41(31-11-8-12-31)36(44)33(40-37(45)46-38(3,4)5)22-26-14-19-32(42)20-15-26/h6-7,9-10,13-21,23,31,33-34,42H,8,11-12,22H2,1-5H3,(H,39,43)(H,40,45). The highest BCUT2D eigenvalue weighted by molar-refractivity contribution is 6.00. The average molecular weight is 622 g/mol. The van der Waals surface area contributed by atoms with Crippen molar-refractivity contribution < 1.29 is 24.2 Å². The Labute approximate surface area is 270 Å². The minimum atomic E-state index is -1.03. The van der Waals surface area contributed by atoms with Crippen LogP contribution in [-0.2, 0) is 20.7 Å². The van der Waals surface area contributed by atoms with Crippen molar-refractivity contribution in [2.45, 2.75) is 84.0 Å². The van der Waals surface area contributed by atoms with E-state index in [0.717, 1.165) is 46.7 Å². The van der Waals surface area contributed by atoms with Crippen LogP contribution in [0.2, 0.25) is 0 Å². The molecule has 4 aromatic carbocycles. The van der Waals surface area contributed by atoms with Crippen molar-refractivity contribution in [2.24, 2.45) is 0 Å². The first-order chi connectivity index (χ1) is 21.9. The monoisotopic (exact) mass is 621 g/mol.